The van der Waals surface area contributed by atoms with Crippen LogP contribution in [0.5, 0.6) is 0 Å². The molecule has 1 aliphatic carbocycles. The van der Waals surface area contributed by atoms with E-state index in [0.717, 1.165) is 6.04 Å². The van der Waals surface area contributed by atoms with Crippen LogP contribution >= 0.6 is 15.9 Å². The van der Waals surface area contributed by atoms with Crippen LogP contribution in [0.4, 0.5) is 0 Å². The van der Waals surface area contributed by atoms with Gasteiger partial charge in [0.25, 0.3) is 0 Å². The maximum absolute atomic E-state index is 3.71. The van der Waals surface area contributed by atoms with Crippen molar-refractivity contribution in [2.24, 2.45) is 0 Å². The van der Waals surface area contributed by atoms with Gasteiger partial charge < -0.3 is 5.32 Å². The van der Waals surface area contributed by atoms with Crippen molar-refractivity contribution in [3.8, 4) is 0 Å². The van der Waals surface area contributed by atoms with E-state index in [-0.39, 0.29) is 0 Å². The van der Waals surface area contributed by atoms with Crippen molar-refractivity contribution in [3.05, 3.63) is 34.3 Å². The Hall–Kier alpha value is -0.340. The lowest BCUT2D eigenvalue weighted by atomic mass is 10.1. The lowest BCUT2D eigenvalue weighted by Crippen LogP contribution is -2.29. The van der Waals surface area contributed by atoms with Gasteiger partial charge in [0.2, 0.25) is 0 Å². The van der Waals surface area contributed by atoms with Crippen molar-refractivity contribution in [3.63, 3.8) is 0 Å². The molecule has 1 aliphatic rings. The molecule has 82 valence electrons. The number of halogens is 1. The minimum absolute atomic E-state index is 0.448. The third kappa shape index (κ3) is 2.82. The first-order valence-corrected chi connectivity index (χ1v) is 6.57. The molecule has 1 aromatic carbocycles. The Morgan fingerprint density at radius 1 is 1.27 bits per heavy atom. The predicted molar refractivity (Wildman–Crippen MR) is 67.9 cm³/mol. The van der Waals surface area contributed by atoms with E-state index in [1.807, 2.05) is 0 Å². The Balaban J connectivity index is 2.00. The molecule has 2 rings (SSSR count). The fraction of sp³-hybridized carbons (Fsp3) is 0.538. The Bertz CT molecular complexity index is 318. The highest BCUT2D eigenvalue weighted by molar-refractivity contribution is 9.10. The van der Waals surface area contributed by atoms with E-state index in [2.05, 4.69) is 52.4 Å². The van der Waals surface area contributed by atoms with E-state index in [4.69, 9.17) is 0 Å². The fourth-order valence-corrected chi connectivity index (χ4v) is 2.99. The van der Waals surface area contributed by atoms with Crippen LogP contribution in [-0.2, 0) is 0 Å². The molecule has 0 aromatic heterocycles. The van der Waals surface area contributed by atoms with Gasteiger partial charge in [-0.2, -0.15) is 0 Å². The summed E-state index contributed by atoms with van der Waals surface area (Å²) in [4.78, 5) is 0. The number of nitrogens with one attached hydrogen (secondary N) is 1. The van der Waals surface area contributed by atoms with Crippen LogP contribution in [0.3, 0.4) is 0 Å². The van der Waals surface area contributed by atoms with Crippen molar-refractivity contribution in [1.29, 1.82) is 0 Å². The molecule has 1 fully saturated rings. The molecule has 1 unspecified atom stereocenters. The van der Waals surface area contributed by atoms with Gasteiger partial charge in [0.1, 0.15) is 0 Å². The summed E-state index contributed by atoms with van der Waals surface area (Å²) in [5, 5.41) is 3.71. The summed E-state index contributed by atoms with van der Waals surface area (Å²) in [7, 11) is 0. The summed E-state index contributed by atoms with van der Waals surface area (Å²) < 4.78 is 1.21. The molecule has 0 aliphatic heterocycles. The lowest BCUT2D eigenvalue weighted by molar-refractivity contribution is 0.460. The first kappa shape index (κ1) is 11.2. The zero-order valence-corrected chi connectivity index (χ0v) is 10.8. The van der Waals surface area contributed by atoms with E-state index < -0.39 is 0 Å². The molecule has 0 bridgehead atoms. The second kappa shape index (κ2) is 5.13. The Morgan fingerprint density at radius 2 is 1.93 bits per heavy atom. The minimum atomic E-state index is 0.448. The molecule has 1 saturated carbocycles. The van der Waals surface area contributed by atoms with E-state index in [0.29, 0.717) is 6.04 Å². The van der Waals surface area contributed by atoms with Gasteiger partial charge >= 0.3 is 0 Å². The summed E-state index contributed by atoms with van der Waals surface area (Å²) >= 11 is 3.61. The Kier molecular flexibility index (Phi) is 3.81. The SMILES string of the molecule is CC(NC1CCCC1)c1ccccc1Br. The number of benzene rings is 1. The van der Waals surface area contributed by atoms with Gasteiger partial charge in [-0.1, -0.05) is 47.0 Å². The molecule has 1 aromatic rings. The standard InChI is InChI=1S/C13H18BrN/c1-10(15-11-6-2-3-7-11)12-8-4-5-9-13(12)14/h4-5,8-11,15H,2-3,6-7H2,1H3. The molecular weight excluding hydrogens is 250 g/mol. The summed E-state index contributed by atoms with van der Waals surface area (Å²) in [6.07, 6.45) is 5.46. The molecule has 0 saturated heterocycles. The highest BCUT2D eigenvalue weighted by Gasteiger charge is 2.18. The van der Waals surface area contributed by atoms with E-state index in [1.54, 1.807) is 0 Å². The largest absolute Gasteiger partial charge is 0.307 e. The fourth-order valence-electron chi connectivity index (χ4n) is 2.36. The second-order valence-electron chi connectivity index (χ2n) is 4.39. The summed E-state index contributed by atoms with van der Waals surface area (Å²) in [6, 6.07) is 9.65. The second-order valence-corrected chi connectivity index (χ2v) is 5.25. The third-order valence-corrected chi connectivity index (χ3v) is 3.93. The molecule has 0 radical (unpaired) electrons. The molecule has 0 heterocycles. The first-order chi connectivity index (χ1) is 7.27. The van der Waals surface area contributed by atoms with Gasteiger partial charge in [0, 0.05) is 16.6 Å². The quantitative estimate of drug-likeness (QED) is 0.872. The van der Waals surface area contributed by atoms with Crippen LogP contribution in [0.25, 0.3) is 0 Å². The average Bonchev–Trinajstić information content (AvgIpc) is 2.71. The van der Waals surface area contributed by atoms with Crippen LogP contribution < -0.4 is 5.32 Å². The third-order valence-electron chi connectivity index (χ3n) is 3.21. The molecule has 15 heavy (non-hydrogen) atoms. The highest BCUT2D eigenvalue weighted by Crippen LogP contribution is 2.26. The van der Waals surface area contributed by atoms with Crippen molar-refractivity contribution in [1.82, 2.24) is 5.32 Å². The smallest absolute Gasteiger partial charge is 0.0305 e. The number of hydrogen-bond acceptors (Lipinski definition) is 1. The molecule has 2 heteroatoms. The maximum Gasteiger partial charge on any atom is 0.0305 e. The molecule has 0 amide bonds. The summed E-state index contributed by atoms with van der Waals surface area (Å²) in [5.41, 5.74) is 1.37. The molecular formula is C13H18BrN. The Morgan fingerprint density at radius 3 is 2.60 bits per heavy atom. The number of rotatable bonds is 3. The van der Waals surface area contributed by atoms with Gasteiger partial charge in [-0.15, -0.1) is 0 Å². The van der Waals surface area contributed by atoms with Crippen LogP contribution in [0.2, 0.25) is 0 Å². The zero-order chi connectivity index (χ0) is 10.7. The van der Waals surface area contributed by atoms with Crippen LogP contribution in [0, 0.1) is 0 Å². The topological polar surface area (TPSA) is 12.0 Å². The molecule has 1 nitrogen and oxygen atoms in total. The van der Waals surface area contributed by atoms with E-state index in [1.165, 1.54) is 35.7 Å². The van der Waals surface area contributed by atoms with Gasteiger partial charge in [-0.05, 0) is 31.4 Å². The van der Waals surface area contributed by atoms with Crippen molar-refractivity contribution < 1.29 is 0 Å². The first-order valence-electron chi connectivity index (χ1n) is 5.78. The van der Waals surface area contributed by atoms with Gasteiger partial charge in [-0.3, -0.25) is 0 Å². The molecule has 1 atom stereocenters. The van der Waals surface area contributed by atoms with Crippen LogP contribution in [-0.4, -0.2) is 6.04 Å². The van der Waals surface area contributed by atoms with Crippen molar-refractivity contribution in [2.75, 3.05) is 0 Å². The minimum Gasteiger partial charge on any atom is -0.307 e. The van der Waals surface area contributed by atoms with Gasteiger partial charge in [0.05, 0.1) is 0 Å². The summed E-state index contributed by atoms with van der Waals surface area (Å²) in [5.74, 6) is 0. The lowest BCUT2D eigenvalue weighted by Gasteiger charge is -2.20. The average molecular weight is 268 g/mol. The highest BCUT2D eigenvalue weighted by atomic mass is 79.9. The Labute approximate surface area is 100 Å². The van der Waals surface area contributed by atoms with E-state index >= 15 is 0 Å². The normalized spacial score (nSPS) is 19.3. The van der Waals surface area contributed by atoms with Crippen molar-refractivity contribution >= 4 is 15.9 Å². The maximum atomic E-state index is 3.71. The van der Waals surface area contributed by atoms with E-state index in [9.17, 15) is 0 Å². The van der Waals surface area contributed by atoms with Crippen molar-refractivity contribution in [2.45, 2.75) is 44.7 Å². The predicted octanol–water partition coefficient (Wildman–Crippen LogP) is 4.04. The van der Waals surface area contributed by atoms with Crippen LogP contribution in [0.1, 0.15) is 44.2 Å². The van der Waals surface area contributed by atoms with Gasteiger partial charge in [-0.25, -0.2) is 0 Å². The molecule has 0 spiro atoms. The number of hydrogen-bond donors (Lipinski definition) is 1. The monoisotopic (exact) mass is 267 g/mol. The zero-order valence-electron chi connectivity index (χ0n) is 9.17. The van der Waals surface area contributed by atoms with Crippen LogP contribution in [0.15, 0.2) is 28.7 Å². The molecule has 1 N–H and O–H groups in total. The summed E-state index contributed by atoms with van der Waals surface area (Å²) in [6.45, 7) is 2.25. The van der Waals surface area contributed by atoms with Gasteiger partial charge in [0.15, 0.2) is 0 Å².